The van der Waals surface area contributed by atoms with E-state index in [0.29, 0.717) is 31.0 Å². The number of fused-ring (bicyclic) bond motifs is 1. The van der Waals surface area contributed by atoms with Crippen molar-refractivity contribution >= 4 is 28.5 Å². The summed E-state index contributed by atoms with van der Waals surface area (Å²) in [7, 11) is 0. The number of aromatic nitrogens is 2. The van der Waals surface area contributed by atoms with E-state index in [0.717, 1.165) is 47.6 Å². The molecule has 1 N–H and O–H groups in total. The molecule has 4 aromatic rings. The molecule has 0 fully saturated rings. The second kappa shape index (κ2) is 11.7. The van der Waals surface area contributed by atoms with Gasteiger partial charge in [0.1, 0.15) is 11.6 Å². The summed E-state index contributed by atoms with van der Waals surface area (Å²) < 4.78 is 8.16. The minimum atomic E-state index is -0.00159. The molecule has 34 heavy (non-hydrogen) atoms. The molecule has 0 saturated carbocycles. The number of nitrogens with one attached hydrogen (secondary N) is 1. The van der Waals surface area contributed by atoms with Gasteiger partial charge in [0.2, 0.25) is 5.91 Å². The number of ether oxygens (including phenoxy) is 1. The number of rotatable bonds is 11. The molecule has 0 unspecified atom stereocenters. The first-order valence-electron chi connectivity index (χ1n) is 11.7. The van der Waals surface area contributed by atoms with E-state index in [1.54, 1.807) is 12.1 Å². The van der Waals surface area contributed by atoms with E-state index in [1.165, 1.54) is 5.56 Å². The van der Waals surface area contributed by atoms with Gasteiger partial charge in [0.25, 0.3) is 0 Å². The van der Waals surface area contributed by atoms with Crippen LogP contribution in [0.25, 0.3) is 11.0 Å². The second-order valence-corrected chi connectivity index (χ2v) is 8.88. The minimum Gasteiger partial charge on any atom is -0.494 e. The van der Waals surface area contributed by atoms with Gasteiger partial charge >= 0.3 is 0 Å². The van der Waals surface area contributed by atoms with Crippen molar-refractivity contribution in [3.05, 3.63) is 94.8 Å². The van der Waals surface area contributed by atoms with Crippen molar-refractivity contribution in [1.29, 1.82) is 0 Å². The third-order valence-corrected chi connectivity index (χ3v) is 5.97. The Morgan fingerprint density at radius 2 is 1.85 bits per heavy atom. The lowest BCUT2D eigenvalue weighted by molar-refractivity contribution is -0.120. The molecule has 0 saturated heterocycles. The number of nitrogens with zero attached hydrogens (tertiary/aromatic N) is 2. The maximum atomic E-state index is 12.3. The summed E-state index contributed by atoms with van der Waals surface area (Å²) in [6.45, 7) is 4.17. The van der Waals surface area contributed by atoms with Gasteiger partial charge in [-0.05, 0) is 67.3 Å². The summed E-state index contributed by atoms with van der Waals surface area (Å²) in [4.78, 5) is 17.2. The SMILES string of the molecule is Cc1cccc(OCCCCn2c(CCNC(=O)Cc3ccc(Cl)cc3)nc3ccccc32)c1. The molecule has 1 amide bonds. The van der Waals surface area contributed by atoms with E-state index in [-0.39, 0.29) is 5.91 Å². The molecule has 176 valence electrons. The van der Waals surface area contributed by atoms with Gasteiger partial charge in [0.05, 0.1) is 24.1 Å². The predicted octanol–water partition coefficient (Wildman–Crippen LogP) is 5.76. The number of carbonyl (C=O) groups excluding carboxylic acids is 1. The van der Waals surface area contributed by atoms with Crippen molar-refractivity contribution in [1.82, 2.24) is 14.9 Å². The van der Waals surface area contributed by atoms with Crippen LogP contribution in [0.15, 0.2) is 72.8 Å². The lowest BCUT2D eigenvalue weighted by Crippen LogP contribution is -2.28. The maximum absolute atomic E-state index is 12.3. The summed E-state index contributed by atoms with van der Waals surface area (Å²) in [5, 5.41) is 3.69. The first-order chi connectivity index (χ1) is 16.6. The molecule has 1 aromatic heterocycles. The van der Waals surface area contributed by atoms with Gasteiger partial charge in [-0.1, -0.05) is 48.0 Å². The van der Waals surface area contributed by atoms with Gasteiger partial charge in [-0.3, -0.25) is 4.79 Å². The van der Waals surface area contributed by atoms with Gasteiger partial charge in [-0.25, -0.2) is 4.98 Å². The van der Waals surface area contributed by atoms with Crippen LogP contribution in [-0.2, 0) is 24.2 Å². The highest BCUT2D eigenvalue weighted by atomic mass is 35.5. The summed E-state index contributed by atoms with van der Waals surface area (Å²) in [5.41, 5.74) is 4.26. The fourth-order valence-corrected chi connectivity index (χ4v) is 4.12. The Balaban J connectivity index is 1.29. The summed E-state index contributed by atoms with van der Waals surface area (Å²) in [5.74, 6) is 1.91. The normalized spacial score (nSPS) is 11.0. The van der Waals surface area contributed by atoms with Gasteiger partial charge in [-0.15, -0.1) is 0 Å². The van der Waals surface area contributed by atoms with E-state index in [2.05, 4.69) is 35.0 Å². The first kappa shape index (κ1) is 23.8. The number of carbonyl (C=O) groups is 1. The lowest BCUT2D eigenvalue weighted by Gasteiger charge is -2.11. The molecular formula is C28H30ClN3O2. The van der Waals surface area contributed by atoms with Gasteiger partial charge in [0.15, 0.2) is 0 Å². The van der Waals surface area contributed by atoms with E-state index in [4.69, 9.17) is 21.3 Å². The largest absolute Gasteiger partial charge is 0.494 e. The third-order valence-electron chi connectivity index (χ3n) is 5.72. The molecule has 0 atom stereocenters. The third kappa shape index (κ3) is 6.61. The Hall–Kier alpha value is -3.31. The zero-order valence-electron chi connectivity index (χ0n) is 19.5. The average molecular weight is 476 g/mol. The summed E-state index contributed by atoms with van der Waals surface area (Å²) in [6.07, 6.45) is 2.97. The number of amides is 1. The van der Waals surface area contributed by atoms with Crippen molar-refractivity contribution in [2.24, 2.45) is 0 Å². The van der Waals surface area contributed by atoms with E-state index < -0.39 is 0 Å². The van der Waals surface area contributed by atoms with Gasteiger partial charge < -0.3 is 14.6 Å². The Morgan fingerprint density at radius 1 is 1.03 bits per heavy atom. The quantitative estimate of drug-likeness (QED) is 0.281. The molecule has 3 aromatic carbocycles. The number of aryl methyl sites for hydroxylation is 2. The summed E-state index contributed by atoms with van der Waals surface area (Å²) in [6, 6.07) is 23.7. The molecule has 0 aliphatic rings. The van der Waals surface area contributed by atoms with Crippen LogP contribution in [0.3, 0.4) is 0 Å². The fraction of sp³-hybridized carbons (Fsp3) is 0.286. The number of imidazole rings is 1. The first-order valence-corrected chi connectivity index (χ1v) is 12.1. The van der Waals surface area contributed by atoms with Crippen LogP contribution in [0.4, 0.5) is 0 Å². The number of halogens is 1. The molecule has 5 nitrogen and oxygen atoms in total. The van der Waals surface area contributed by atoms with Crippen LogP contribution in [-0.4, -0.2) is 28.6 Å². The second-order valence-electron chi connectivity index (χ2n) is 8.44. The Bertz CT molecular complexity index is 1230. The molecule has 0 aliphatic heterocycles. The minimum absolute atomic E-state index is 0.00159. The van der Waals surface area contributed by atoms with Crippen LogP contribution in [0.2, 0.25) is 5.02 Å². The molecule has 6 heteroatoms. The molecule has 4 rings (SSSR count). The van der Waals surface area contributed by atoms with Crippen molar-refractivity contribution < 1.29 is 9.53 Å². The highest BCUT2D eigenvalue weighted by molar-refractivity contribution is 6.30. The van der Waals surface area contributed by atoms with Crippen molar-refractivity contribution in [3.8, 4) is 5.75 Å². The molecule has 0 bridgehead atoms. The standard InChI is InChI=1S/C28H30ClN3O2/c1-21-7-6-8-24(19-21)34-18-5-4-17-32-26-10-3-2-9-25(26)31-27(32)15-16-30-28(33)20-22-11-13-23(29)14-12-22/h2-3,6-14,19H,4-5,15-18,20H2,1H3,(H,30,33). The molecule has 0 aliphatic carbocycles. The topological polar surface area (TPSA) is 56.1 Å². The smallest absolute Gasteiger partial charge is 0.224 e. The maximum Gasteiger partial charge on any atom is 0.224 e. The Morgan fingerprint density at radius 3 is 2.68 bits per heavy atom. The molecule has 0 spiro atoms. The zero-order chi connectivity index (χ0) is 23.8. The average Bonchev–Trinajstić information content (AvgIpc) is 3.18. The van der Waals surface area contributed by atoms with Crippen molar-refractivity contribution in [3.63, 3.8) is 0 Å². The van der Waals surface area contributed by atoms with Gasteiger partial charge in [-0.2, -0.15) is 0 Å². The Kier molecular flexibility index (Phi) is 8.21. The highest BCUT2D eigenvalue weighted by Crippen LogP contribution is 2.18. The number of hydrogen-bond donors (Lipinski definition) is 1. The number of benzene rings is 3. The monoisotopic (exact) mass is 475 g/mol. The molecule has 1 heterocycles. The van der Waals surface area contributed by atoms with E-state index >= 15 is 0 Å². The number of unbranched alkanes of at least 4 members (excludes halogenated alkanes) is 1. The van der Waals surface area contributed by atoms with Crippen LogP contribution in [0.1, 0.15) is 29.8 Å². The number of para-hydroxylation sites is 2. The highest BCUT2D eigenvalue weighted by Gasteiger charge is 2.11. The van der Waals surface area contributed by atoms with Crippen LogP contribution >= 0.6 is 11.6 Å². The van der Waals surface area contributed by atoms with E-state index in [1.807, 2.05) is 42.5 Å². The Labute approximate surface area is 205 Å². The van der Waals surface area contributed by atoms with Crippen LogP contribution in [0.5, 0.6) is 5.75 Å². The zero-order valence-corrected chi connectivity index (χ0v) is 20.2. The van der Waals surface area contributed by atoms with Crippen molar-refractivity contribution in [2.75, 3.05) is 13.2 Å². The fourth-order valence-electron chi connectivity index (χ4n) is 4.00. The molecule has 0 radical (unpaired) electrons. The summed E-state index contributed by atoms with van der Waals surface area (Å²) >= 11 is 5.92. The molecular weight excluding hydrogens is 446 g/mol. The van der Waals surface area contributed by atoms with Gasteiger partial charge in [0, 0.05) is 24.5 Å². The lowest BCUT2D eigenvalue weighted by atomic mass is 10.1. The number of hydrogen-bond acceptors (Lipinski definition) is 3. The van der Waals surface area contributed by atoms with Crippen LogP contribution < -0.4 is 10.1 Å². The van der Waals surface area contributed by atoms with Crippen LogP contribution in [0, 0.1) is 6.92 Å². The van der Waals surface area contributed by atoms with E-state index in [9.17, 15) is 4.79 Å². The van der Waals surface area contributed by atoms with Crippen molar-refractivity contribution in [2.45, 2.75) is 39.2 Å². The predicted molar refractivity (Wildman–Crippen MR) is 138 cm³/mol.